The van der Waals surface area contributed by atoms with E-state index in [0.29, 0.717) is 23.6 Å². The van der Waals surface area contributed by atoms with Crippen molar-refractivity contribution in [1.82, 2.24) is 5.32 Å². The van der Waals surface area contributed by atoms with Crippen LogP contribution in [0.5, 0.6) is 11.5 Å². The van der Waals surface area contributed by atoms with Crippen LogP contribution in [0.4, 0.5) is 5.69 Å². The van der Waals surface area contributed by atoms with Gasteiger partial charge in [-0.3, -0.25) is 14.4 Å². The fourth-order valence-corrected chi connectivity index (χ4v) is 5.22. The number of allylic oxidation sites excluding steroid dienone is 1. The minimum atomic E-state index is -1.38. The van der Waals surface area contributed by atoms with Crippen LogP contribution in [0.1, 0.15) is 18.4 Å². The number of amides is 2. The Morgan fingerprint density at radius 3 is 2.49 bits per heavy atom. The molecule has 194 valence electrons. The lowest BCUT2D eigenvalue weighted by atomic mass is 9.78. The van der Waals surface area contributed by atoms with Gasteiger partial charge in [0.1, 0.15) is 11.7 Å². The third-order valence-electron chi connectivity index (χ3n) is 5.35. The Labute approximate surface area is 228 Å². The van der Waals surface area contributed by atoms with Gasteiger partial charge in [-0.1, -0.05) is 41.0 Å². The first kappa shape index (κ1) is 28.2. The molecule has 2 amide bonds. The van der Waals surface area contributed by atoms with Gasteiger partial charge in [0.2, 0.25) is 11.8 Å². The molecule has 0 unspecified atom stereocenters. The van der Waals surface area contributed by atoms with Gasteiger partial charge >= 0.3 is 5.97 Å². The van der Waals surface area contributed by atoms with Crippen molar-refractivity contribution < 1.29 is 28.6 Å². The number of anilines is 1. The van der Waals surface area contributed by atoms with Gasteiger partial charge in [0.15, 0.2) is 5.75 Å². The standard InChI is InChI=1S/C25H23Cl2N3O6S/c1-4-36-22-17(26)8-13(9-18(22)27)20-16(11-28)24(30-23(32)21(20)25(33)35-3)37-12-19(31)29-14-6-5-7-15(10-14)34-2/h5-10,20-21H,4,12H2,1-3H3,(H,29,31)(H,30,32)/t20-,21-/m1/s1. The van der Waals surface area contributed by atoms with E-state index in [-0.39, 0.29) is 38.1 Å². The lowest BCUT2D eigenvalue weighted by Gasteiger charge is -2.31. The third kappa shape index (κ3) is 6.49. The lowest BCUT2D eigenvalue weighted by Crippen LogP contribution is -2.44. The van der Waals surface area contributed by atoms with Crippen molar-refractivity contribution in [3.05, 3.63) is 62.6 Å². The van der Waals surface area contributed by atoms with E-state index < -0.39 is 23.7 Å². The predicted molar refractivity (Wildman–Crippen MR) is 141 cm³/mol. The minimum Gasteiger partial charge on any atom is -0.497 e. The maximum absolute atomic E-state index is 13.0. The summed E-state index contributed by atoms with van der Waals surface area (Å²) in [7, 11) is 2.66. The fraction of sp³-hybridized carbons (Fsp3) is 0.280. The molecule has 0 aromatic heterocycles. The molecule has 0 radical (unpaired) electrons. The average molecular weight is 564 g/mol. The summed E-state index contributed by atoms with van der Waals surface area (Å²) in [5, 5.41) is 15.8. The molecular formula is C25H23Cl2N3O6S. The van der Waals surface area contributed by atoms with Gasteiger partial charge in [-0.15, -0.1) is 0 Å². The van der Waals surface area contributed by atoms with Gasteiger partial charge in [-0.2, -0.15) is 5.26 Å². The van der Waals surface area contributed by atoms with E-state index in [1.54, 1.807) is 31.2 Å². The van der Waals surface area contributed by atoms with Gasteiger partial charge < -0.3 is 24.8 Å². The molecular weight excluding hydrogens is 541 g/mol. The van der Waals surface area contributed by atoms with E-state index >= 15 is 0 Å². The number of ether oxygens (including phenoxy) is 3. The van der Waals surface area contributed by atoms with Gasteiger partial charge in [-0.25, -0.2) is 0 Å². The maximum atomic E-state index is 13.0. The van der Waals surface area contributed by atoms with Crippen molar-refractivity contribution in [3.8, 4) is 17.6 Å². The SMILES string of the molecule is CCOc1c(Cl)cc([C@@H]2C(C#N)=C(SCC(=O)Nc3cccc(OC)c3)NC(=O)[C@@H]2C(=O)OC)cc1Cl. The number of esters is 1. The molecule has 2 N–H and O–H groups in total. The maximum Gasteiger partial charge on any atom is 0.319 e. The predicted octanol–water partition coefficient (Wildman–Crippen LogP) is 4.51. The van der Waals surface area contributed by atoms with E-state index in [0.717, 1.165) is 18.9 Å². The number of hydrogen-bond acceptors (Lipinski definition) is 8. The molecule has 3 rings (SSSR count). The zero-order valence-electron chi connectivity index (χ0n) is 20.1. The number of rotatable bonds is 9. The first-order chi connectivity index (χ1) is 17.7. The number of carbonyl (C=O) groups excluding carboxylic acids is 3. The molecule has 0 saturated carbocycles. The van der Waals surface area contributed by atoms with Crippen LogP contribution in [0.25, 0.3) is 0 Å². The first-order valence-electron chi connectivity index (χ1n) is 10.9. The summed E-state index contributed by atoms with van der Waals surface area (Å²) in [6.45, 7) is 2.08. The average Bonchev–Trinajstić information content (AvgIpc) is 2.88. The number of hydrogen-bond donors (Lipinski definition) is 2. The van der Waals surface area contributed by atoms with Crippen molar-refractivity contribution in [3.63, 3.8) is 0 Å². The summed E-state index contributed by atoms with van der Waals surface area (Å²) >= 11 is 13.7. The largest absolute Gasteiger partial charge is 0.497 e. The monoisotopic (exact) mass is 563 g/mol. The molecule has 2 aromatic carbocycles. The van der Waals surface area contributed by atoms with Crippen LogP contribution in [0.2, 0.25) is 10.0 Å². The minimum absolute atomic E-state index is 0.0606. The zero-order chi connectivity index (χ0) is 27.1. The van der Waals surface area contributed by atoms with Crippen molar-refractivity contribution in [2.75, 3.05) is 31.9 Å². The topological polar surface area (TPSA) is 127 Å². The number of carbonyl (C=O) groups is 3. The van der Waals surface area contributed by atoms with Crippen LogP contribution >= 0.6 is 35.0 Å². The van der Waals surface area contributed by atoms with E-state index in [9.17, 15) is 19.6 Å². The van der Waals surface area contributed by atoms with Crippen LogP contribution in [0, 0.1) is 17.2 Å². The van der Waals surface area contributed by atoms with Gasteiger partial charge in [0.05, 0.1) is 53.3 Å². The molecule has 12 heteroatoms. The molecule has 1 aliphatic rings. The molecule has 0 aliphatic carbocycles. The van der Waals surface area contributed by atoms with Crippen LogP contribution in [-0.2, 0) is 19.1 Å². The smallest absolute Gasteiger partial charge is 0.319 e. The number of nitrogens with one attached hydrogen (secondary N) is 2. The van der Waals surface area contributed by atoms with Crippen LogP contribution in [0.15, 0.2) is 47.0 Å². The third-order valence-corrected chi connectivity index (χ3v) is 6.93. The number of thioether (sulfide) groups is 1. The fourth-order valence-electron chi connectivity index (χ4n) is 3.76. The second kappa shape index (κ2) is 12.7. The van der Waals surface area contributed by atoms with Crippen LogP contribution < -0.4 is 20.1 Å². The molecule has 0 spiro atoms. The van der Waals surface area contributed by atoms with Crippen LogP contribution in [0.3, 0.4) is 0 Å². The number of methoxy groups -OCH3 is 2. The van der Waals surface area contributed by atoms with Gasteiger partial charge in [-0.05, 0) is 36.8 Å². The normalized spacial score (nSPS) is 16.9. The number of halogens is 2. The Morgan fingerprint density at radius 1 is 1.19 bits per heavy atom. The van der Waals surface area contributed by atoms with Gasteiger partial charge in [0, 0.05) is 17.7 Å². The molecule has 1 aliphatic heterocycles. The van der Waals surface area contributed by atoms with Gasteiger partial charge in [0.25, 0.3) is 0 Å². The van der Waals surface area contributed by atoms with Crippen LogP contribution in [-0.4, -0.2) is 44.4 Å². The summed E-state index contributed by atoms with van der Waals surface area (Å²) in [5.41, 5.74) is 0.930. The Morgan fingerprint density at radius 2 is 1.89 bits per heavy atom. The number of nitrogens with zero attached hydrogens (tertiary/aromatic N) is 1. The molecule has 0 bridgehead atoms. The Hall–Kier alpha value is -3.39. The molecule has 9 nitrogen and oxygen atoms in total. The molecule has 1 heterocycles. The highest BCUT2D eigenvalue weighted by molar-refractivity contribution is 8.03. The summed E-state index contributed by atoms with van der Waals surface area (Å²) in [6, 6.07) is 11.9. The highest BCUT2D eigenvalue weighted by atomic mass is 35.5. The summed E-state index contributed by atoms with van der Waals surface area (Å²) < 4.78 is 15.5. The van der Waals surface area contributed by atoms with Crippen molar-refractivity contribution in [2.24, 2.45) is 5.92 Å². The number of nitriles is 1. The van der Waals surface area contributed by atoms with Crippen molar-refractivity contribution >= 4 is 58.4 Å². The highest BCUT2D eigenvalue weighted by Crippen LogP contribution is 2.44. The quantitative estimate of drug-likeness (QED) is 0.337. The Balaban J connectivity index is 1.95. The van der Waals surface area contributed by atoms with E-state index in [1.807, 2.05) is 0 Å². The molecule has 37 heavy (non-hydrogen) atoms. The molecule has 2 aromatic rings. The van der Waals surface area contributed by atoms with E-state index in [4.69, 9.17) is 37.4 Å². The molecule has 0 fully saturated rings. The summed E-state index contributed by atoms with van der Waals surface area (Å²) in [6.07, 6.45) is 0. The van der Waals surface area contributed by atoms with E-state index in [1.165, 1.54) is 19.2 Å². The first-order valence-corrected chi connectivity index (χ1v) is 12.7. The van der Waals surface area contributed by atoms with Crippen molar-refractivity contribution in [2.45, 2.75) is 12.8 Å². The van der Waals surface area contributed by atoms with E-state index in [2.05, 4.69) is 16.7 Å². The Kier molecular flexibility index (Phi) is 9.69. The second-order valence-electron chi connectivity index (χ2n) is 7.64. The highest BCUT2D eigenvalue weighted by Gasteiger charge is 2.44. The second-order valence-corrected chi connectivity index (χ2v) is 9.44. The number of benzene rings is 2. The molecule has 0 saturated heterocycles. The summed E-state index contributed by atoms with van der Waals surface area (Å²) in [4.78, 5) is 38.2. The Bertz CT molecular complexity index is 1270. The summed E-state index contributed by atoms with van der Waals surface area (Å²) in [5.74, 6) is -3.64. The molecule has 2 atom stereocenters. The van der Waals surface area contributed by atoms with Crippen molar-refractivity contribution in [1.29, 1.82) is 5.26 Å². The lowest BCUT2D eigenvalue weighted by molar-refractivity contribution is -0.150. The zero-order valence-corrected chi connectivity index (χ0v) is 22.4.